The lowest BCUT2D eigenvalue weighted by Crippen LogP contribution is -2.43. The van der Waals surface area contributed by atoms with Gasteiger partial charge < -0.3 is 25.6 Å². The fraction of sp³-hybridized carbons (Fsp3) is 0.889. The van der Waals surface area contributed by atoms with E-state index < -0.39 is 5.60 Å². The predicted octanol–water partition coefficient (Wildman–Crippen LogP) is 1.80. The van der Waals surface area contributed by atoms with E-state index in [0.717, 1.165) is 37.9 Å². The molecule has 1 saturated heterocycles. The van der Waals surface area contributed by atoms with Crippen molar-refractivity contribution >= 4 is 12.1 Å². The molecule has 1 aliphatic heterocycles. The maximum absolute atomic E-state index is 11.5. The van der Waals surface area contributed by atoms with Gasteiger partial charge in [0.1, 0.15) is 5.60 Å². The molecule has 0 spiro atoms. The highest BCUT2D eigenvalue weighted by atomic mass is 16.6. The van der Waals surface area contributed by atoms with Gasteiger partial charge in [-0.3, -0.25) is 4.99 Å². The summed E-state index contributed by atoms with van der Waals surface area (Å²) in [5, 5.41) is 9.36. The van der Waals surface area contributed by atoms with Crippen LogP contribution >= 0.6 is 0 Å². The first kappa shape index (κ1) is 21.5. The molecule has 146 valence electrons. The second kappa shape index (κ2) is 11.2. The zero-order valence-corrected chi connectivity index (χ0v) is 16.7. The number of nitrogens with one attached hydrogen (secondary N) is 3. The summed E-state index contributed by atoms with van der Waals surface area (Å²) in [6.07, 6.45) is 3.05. The van der Waals surface area contributed by atoms with E-state index in [0.29, 0.717) is 6.54 Å². The average Bonchev–Trinajstić information content (AvgIpc) is 2.53. The minimum atomic E-state index is -0.458. The van der Waals surface area contributed by atoms with Crippen molar-refractivity contribution in [2.24, 2.45) is 10.9 Å². The number of alkyl carbamates (subject to hydrolysis) is 1. The largest absolute Gasteiger partial charge is 0.444 e. The summed E-state index contributed by atoms with van der Waals surface area (Å²) in [6.45, 7) is 13.6. The van der Waals surface area contributed by atoms with Crippen LogP contribution in [0.25, 0.3) is 0 Å². The second-order valence-corrected chi connectivity index (χ2v) is 7.73. The van der Waals surface area contributed by atoms with Crippen molar-refractivity contribution in [2.45, 2.75) is 52.6 Å². The minimum Gasteiger partial charge on any atom is -0.444 e. The molecular formula is C18H37N5O2. The van der Waals surface area contributed by atoms with Gasteiger partial charge in [-0.1, -0.05) is 6.92 Å². The molecule has 7 nitrogen and oxygen atoms in total. The molecule has 3 N–H and O–H groups in total. The molecule has 0 aliphatic carbocycles. The number of guanidine groups is 1. The molecule has 25 heavy (non-hydrogen) atoms. The maximum atomic E-state index is 11.5. The van der Waals surface area contributed by atoms with E-state index in [1.54, 1.807) is 7.05 Å². The van der Waals surface area contributed by atoms with Crippen LogP contribution in [-0.4, -0.2) is 68.9 Å². The topological polar surface area (TPSA) is 78.0 Å². The van der Waals surface area contributed by atoms with E-state index in [4.69, 9.17) is 4.74 Å². The molecule has 0 unspecified atom stereocenters. The maximum Gasteiger partial charge on any atom is 0.407 e. The molecule has 0 atom stereocenters. The van der Waals surface area contributed by atoms with Crippen LogP contribution in [0.2, 0.25) is 0 Å². The highest BCUT2D eigenvalue weighted by molar-refractivity contribution is 5.79. The van der Waals surface area contributed by atoms with Gasteiger partial charge in [-0.05, 0) is 59.0 Å². The number of ether oxygens (including phenoxy) is 1. The molecule has 0 saturated carbocycles. The molecule has 0 bridgehead atoms. The van der Waals surface area contributed by atoms with Crippen LogP contribution < -0.4 is 16.0 Å². The van der Waals surface area contributed by atoms with Crippen molar-refractivity contribution in [1.29, 1.82) is 0 Å². The van der Waals surface area contributed by atoms with Crippen molar-refractivity contribution < 1.29 is 9.53 Å². The number of piperidine rings is 1. The van der Waals surface area contributed by atoms with E-state index >= 15 is 0 Å². The third kappa shape index (κ3) is 10.9. The van der Waals surface area contributed by atoms with Crippen molar-refractivity contribution in [1.82, 2.24) is 20.9 Å². The summed E-state index contributed by atoms with van der Waals surface area (Å²) in [7, 11) is 1.77. The summed E-state index contributed by atoms with van der Waals surface area (Å²) < 4.78 is 5.19. The molecule has 1 fully saturated rings. The first-order valence-corrected chi connectivity index (χ1v) is 9.44. The first-order valence-electron chi connectivity index (χ1n) is 9.44. The van der Waals surface area contributed by atoms with Crippen LogP contribution in [0.3, 0.4) is 0 Å². The number of aliphatic imine (C=N–C) groups is 1. The van der Waals surface area contributed by atoms with Crippen LogP contribution in [-0.2, 0) is 4.74 Å². The van der Waals surface area contributed by atoms with Crippen molar-refractivity contribution in [2.75, 3.05) is 46.3 Å². The smallest absolute Gasteiger partial charge is 0.407 e. The molecule has 1 heterocycles. The van der Waals surface area contributed by atoms with Gasteiger partial charge in [0.25, 0.3) is 0 Å². The van der Waals surface area contributed by atoms with E-state index in [-0.39, 0.29) is 6.09 Å². The van der Waals surface area contributed by atoms with Crippen LogP contribution in [0.5, 0.6) is 0 Å². The molecular weight excluding hydrogens is 318 g/mol. The van der Waals surface area contributed by atoms with Gasteiger partial charge in [0.05, 0.1) is 0 Å². The van der Waals surface area contributed by atoms with Gasteiger partial charge in [-0.2, -0.15) is 0 Å². The van der Waals surface area contributed by atoms with Gasteiger partial charge in [0.2, 0.25) is 0 Å². The van der Waals surface area contributed by atoms with Crippen molar-refractivity contribution in [3.05, 3.63) is 0 Å². The Balaban J connectivity index is 2.05. The fourth-order valence-corrected chi connectivity index (χ4v) is 2.64. The molecule has 0 aromatic carbocycles. The van der Waals surface area contributed by atoms with Crippen LogP contribution in [0.15, 0.2) is 4.99 Å². The molecule has 0 radical (unpaired) electrons. The Hall–Kier alpha value is -1.50. The molecule has 1 aliphatic rings. The van der Waals surface area contributed by atoms with Gasteiger partial charge >= 0.3 is 6.09 Å². The number of amides is 1. The SMILES string of the molecule is CN=C(NCCCNC(=O)OC(C)(C)C)NCCN1CCC(C)CC1. The Morgan fingerprint density at radius 1 is 1.12 bits per heavy atom. The summed E-state index contributed by atoms with van der Waals surface area (Å²) in [5.41, 5.74) is -0.458. The Bertz CT molecular complexity index is 412. The second-order valence-electron chi connectivity index (χ2n) is 7.73. The molecule has 7 heteroatoms. The summed E-state index contributed by atoms with van der Waals surface area (Å²) in [5.74, 6) is 1.68. The number of carbonyl (C=O) groups excluding carboxylic acids is 1. The third-order valence-electron chi connectivity index (χ3n) is 4.13. The molecule has 1 rings (SSSR count). The molecule has 1 amide bonds. The summed E-state index contributed by atoms with van der Waals surface area (Å²) >= 11 is 0. The quantitative estimate of drug-likeness (QED) is 0.369. The highest BCUT2D eigenvalue weighted by Gasteiger charge is 2.16. The fourth-order valence-electron chi connectivity index (χ4n) is 2.64. The number of rotatable bonds is 7. The third-order valence-corrected chi connectivity index (χ3v) is 4.13. The van der Waals surface area contributed by atoms with E-state index in [9.17, 15) is 4.79 Å². The monoisotopic (exact) mass is 355 g/mol. The highest BCUT2D eigenvalue weighted by Crippen LogP contribution is 2.15. The van der Waals surface area contributed by atoms with E-state index in [2.05, 4.69) is 32.8 Å². The van der Waals surface area contributed by atoms with E-state index in [1.807, 2.05) is 20.8 Å². The molecule has 0 aromatic heterocycles. The summed E-state index contributed by atoms with van der Waals surface area (Å²) in [6, 6.07) is 0. The number of likely N-dealkylation sites (tertiary alicyclic amines) is 1. The average molecular weight is 356 g/mol. The number of hydrogen-bond acceptors (Lipinski definition) is 4. The van der Waals surface area contributed by atoms with Gasteiger partial charge in [-0.15, -0.1) is 0 Å². The van der Waals surface area contributed by atoms with Gasteiger partial charge in [0, 0.05) is 33.2 Å². The van der Waals surface area contributed by atoms with Crippen LogP contribution in [0, 0.1) is 5.92 Å². The number of hydrogen-bond donors (Lipinski definition) is 3. The predicted molar refractivity (Wildman–Crippen MR) is 103 cm³/mol. The van der Waals surface area contributed by atoms with Gasteiger partial charge in [0.15, 0.2) is 5.96 Å². The lowest BCUT2D eigenvalue weighted by Gasteiger charge is -2.30. The van der Waals surface area contributed by atoms with Crippen LogP contribution in [0.1, 0.15) is 47.0 Å². The van der Waals surface area contributed by atoms with E-state index in [1.165, 1.54) is 25.9 Å². The first-order chi connectivity index (χ1) is 11.8. The lowest BCUT2D eigenvalue weighted by atomic mass is 9.99. The van der Waals surface area contributed by atoms with Crippen molar-refractivity contribution in [3.63, 3.8) is 0 Å². The normalized spacial score (nSPS) is 17.2. The van der Waals surface area contributed by atoms with Crippen molar-refractivity contribution in [3.8, 4) is 0 Å². The number of carbonyl (C=O) groups is 1. The Morgan fingerprint density at radius 2 is 1.72 bits per heavy atom. The Kier molecular flexibility index (Phi) is 9.63. The minimum absolute atomic E-state index is 0.370. The van der Waals surface area contributed by atoms with Gasteiger partial charge in [-0.25, -0.2) is 4.79 Å². The zero-order chi connectivity index (χ0) is 18.7. The zero-order valence-electron chi connectivity index (χ0n) is 16.7. The molecule has 0 aromatic rings. The Labute approximate surface area is 153 Å². The van der Waals surface area contributed by atoms with Crippen LogP contribution in [0.4, 0.5) is 4.79 Å². The lowest BCUT2D eigenvalue weighted by molar-refractivity contribution is 0.0527. The Morgan fingerprint density at radius 3 is 2.32 bits per heavy atom. The summed E-state index contributed by atoms with van der Waals surface area (Å²) in [4.78, 5) is 18.3. The number of nitrogens with zero attached hydrogens (tertiary/aromatic N) is 2. The standard InChI is InChI=1S/C18H37N5O2/c1-15-7-12-23(13-8-15)14-11-21-16(19-5)20-9-6-10-22-17(24)25-18(2,3)4/h15H,6-14H2,1-5H3,(H,22,24)(H2,19,20,21).